The number of benzene rings is 1. The number of aryl methyl sites for hydroxylation is 2. The van der Waals surface area contributed by atoms with Crippen molar-refractivity contribution in [1.29, 1.82) is 0 Å². The van der Waals surface area contributed by atoms with Crippen molar-refractivity contribution in [2.45, 2.75) is 44.6 Å². The average molecular weight is 448 g/mol. The molecule has 1 saturated heterocycles. The number of carbonyl (C=O) groups is 1. The van der Waals surface area contributed by atoms with Crippen molar-refractivity contribution >= 4 is 5.91 Å². The number of hydrogen-bond donors (Lipinski definition) is 1. The number of aromatic amines is 1. The highest BCUT2D eigenvalue weighted by atomic mass is 16.5. The van der Waals surface area contributed by atoms with Crippen molar-refractivity contribution in [2.75, 3.05) is 26.8 Å². The number of morpholine rings is 1. The molecule has 1 amide bonds. The van der Waals surface area contributed by atoms with Gasteiger partial charge in [0.15, 0.2) is 0 Å². The van der Waals surface area contributed by atoms with Gasteiger partial charge in [-0.3, -0.25) is 19.9 Å². The lowest BCUT2D eigenvalue weighted by molar-refractivity contribution is -0.139. The smallest absolute Gasteiger partial charge is 0.223 e. The summed E-state index contributed by atoms with van der Waals surface area (Å²) < 4.78 is 11.4. The van der Waals surface area contributed by atoms with Gasteiger partial charge < -0.3 is 14.4 Å². The normalized spacial score (nSPS) is 18.1. The van der Waals surface area contributed by atoms with Crippen molar-refractivity contribution in [3.8, 4) is 17.0 Å². The van der Waals surface area contributed by atoms with E-state index >= 15 is 0 Å². The van der Waals surface area contributed by atoms with Gasteiger partial charge in [0.25, 0.3) is 0 Å². The third-order valence-electron chi connectivity index (χ3n) is 6.51. The van der Waals surface area contributed by atoms with Crippen LogP contribution in [0.25, 0.3) is 11.3 Å². The molecule has 2 aromatic heterocycles. The molecule has 0 spiro atoms. The van der Waals surface area contributed by atoms with Crippen molar-refractivity contribution in [2.24, 2.45) is 0 Å². The summed E-state index contributed by atoms with van der Waals surface area (Å²) in [5, 5.41) is 7.66. The van der Waals surface area contributed by atoms with E-state index in [2.05, 4.69) is 20.2 Å². The van der Waals surface area contributed by atoms with E-state index in [0.717, 1.165) is 41.2 Å². The summed E-state index contributed by atoms with van der Waals surface area (Å²) in [6, 6.07) is 7.74. The fourth-order valence-electron chi connectivity index (χ4n) is 4.76. The lowest BCUT2D eigenvalue weighted by Crippen LogP contribution is -2.42. The molecule has 1 atom stereocenters. The summed E-state index contributed by atoms with van der Waals surface area (Å²) in [4.78, 5) is 24.1. The maximum absolute atomic E-state index is 13.1. The van der Waals surface area contributed by atoms with Crippen molar-refractivity contribution < 1.29 is 14.3 Å². The summed E-state index contributed by atoms with van der Waals surface area (Å²) in [7, 11) is 1.64. The van der Waals surface area contributed by atoms with E-state index < -0.39 is 0 Å². The van der Waals surface area contributed by atoms with Crippen LogP contribution in [0.4, 0.5) is 0 Å². The molecule has 3 heterocycles. The molecule has 3 aromatic rings. The van der Waals surface area contributed by atoms with E-state index in [1.165, 1.54) is 24.1 Å². The molecule has 172 valence electrons. The first-order valence-corrected chi connectivity index (χ1v) is 11.6. The number of nitrogens with zero attached hydrogens (tertiary/aromatic N) is 4. The van der Waals surface area contributed by atoms with E-state index in [1.807, 2.05) is 29.2 Å². The fourth-order valence-corrected chi connectivity index (χ4v) is 4.76. The minimum absolute atomic E-state index is 0.127. The SMILES string of the molecule is COc1cccc(-c2nccnc2[C@@H]2CN(C(=O)CCc3n[nH]c4c3CCCC4)CCO2)c1. The molecule has 1 fully saturated rings. The van der Waals surface area contributed by atoms with Crippen LogP contribution in [0, 0.1) is 0 Å². The standard InChI is InChI=1S/C25H29N5O3/c1-32-18-6-4-5-17(15-18)24-25(27-12-11-26-24)22-16-30(13-14-33-22)23(31)10-9-21-19-7-2-3-8-20(19)28-29-21/h4-6,11-12,15,22H,2-3,7-10,13-14,16H2,1H3,(H,28,29)/t22-/m0/s1. The Morgan fingerprint density at radius 3 is 3.03 bits per heavy atom. The number of rotatable bonds is 6. The zero-order valence-corrected chi connectivity index (χ0v) is 18.9. The van der Waals surface area contributed by atoms with Crippen LogP contribution in [0.2, 0.25) is 0 Å². The third-order valence-corrected chi connectivity index (χ3v) is 6.51. The van der Waals surface area contributed by atoms with Crippen molar-refractivity contribution in [3.63, 3.8) is 0 Å². The maximum atomic E-state index is 13.1. The number of amides is 1. The maximum Gasteiger partial charge on any atom is 0.223 e. The third kappa shape index (κ3) is 4.61. The minimum Gasteiger partial charge on any atom is -0.497 e. The predicted molar refractivity (Wildman–Crippen MR) is 123 cm³/mol. The number of ether oxygens (including phenoxy) is 2. The van der Waals surface area contributed by atoms with Crippen LogP contribution in [0.5, 0.6) is 5.75 Å². The van der Waals surface area contributed by atoms with Gasteiger partial charge in [-0.15, -0.1) is 0 Å². The number of H-pyrrole nitrogens is 1. The van der Waals surface area contributed by atoms with Crippen LogP contribution in [-0.2, 0) is 28.8 Å². The number of aromatic nitrogens is 4. The molecule has 8 nitrogen and oxygen atoms in total. The van der Waals surface area contributed by atoms with Gasteiger partial charge in [-0.05, 0) is 43.4 Å². The number of hydrogen-bond acceptors (Lipinski definition) is 6. The highest BCUT2D eigenvalue weighted by molar-refractivity contribution is 5.76. The van der Waals surface area contributed by atoms with Crippen LogP contribution in [0.15, 0.2) is 36.7 Å². The van der Waals surface area contributed by atoms with Crippen molar-refractivity contribution in [1.82, 2.24) is 25.1 Å². The quantitative estimate of drug-likeness (QED) is 0.623. The molecule has 5 rings (SSSR count). The molecule has 0 unspecified atom stereocenters. The van der Waals surface area contributed by atoms with Crippen LogP contribution in [0.1, 0.15) is 48.0 Å². The second-order valence-corrected chi connectivity index (χ2v) is 8.56. The number of fused-ring (bicyclic) bond motifs is 1. The van der Waals surface area contributed by atoms with Gasteiger partial charge in [0.2, 0.25) is 5.91 Å². The monoisotopic (exact) mass is 447 g/mol. The Bertz CT molecular complexity index is 1130. The molecule has 33 heavy (non-hydrogen) atoms. The Balaban J connectivity index is 1.28. The summed E-state index contributed by atoms with van der Waals surface area (Å²) in [5.74, 6) is 0.883. The minimum atomic E-state index is -0.323. The van der Waals surface area contributed by atoms with Crippen molar-refractivity contribution in [3.05, 3.63) is 59.3 Å². The highest BCUT2D eigenvalue weighted by Gasteiger charge is 2.29. The largest absolute Gasteiger partial charge is 0.497 e. The first-order valence-electron chi connectivity index (χ1n) is 11.6. The van der Waals surface area contributed by atoms with E-state index in [9.17, 15) is 4.79 Å². The van der Waals surface area contributed by atoms with Gasteiger partial charge in [0.1, 0.15) is 11.9 Å². The molecular formula is C25H29N5O3. The first kappa shape index (κ1) is 21.6. The lowest BCUT2D eigenvalue weighted by atomic mass is 9.94. The summed E-state index contributed by atoms with van der Waals surface area (Å²) >= 11 is 0. The Labute approximate surface area is 193 Å². The highest BCUT2D eigenvalue weighted by Crippen LogP contribution is 2.31. The molecule has 1 N–H and O–H groups in total. The first-order chi connectivity index (χ1) is 16.2. The van der Waals surface area contributed by atoms with Gasteiger partial charge >= 0.3 is 0 Å². The zero-order valence-electron chi connectivity index (χ0n) is 18.9. The Morgan fingerprint density at radius 1 is 1.24 bits per heavy atom. The van der Waals surface area contributed by atoms with Gasteiger partial charge in [-0.25, -0.2) is 0 Å². The zero-order chi connectivity index (χ0) is 22.6. The van der Waals surface area contributed by atoms with Gasteiger partial charge in [-0.1, -0.05) is 12.1 Å². The Morgan fingerprint density at radius 2 is 2.12 bits per heavy atom. The summed E-state index contributed by atoms with van der Waals surface area (Å²) in [5.41, 5.74) is 6.03. The number of nitrogens with one attached hydrogen (secondary N) is 1. The van der Waals surface area contributed by atoms with Crippen LogP contribution < -0.4 is 4.74 Å². The van der Waals surface area contributed by atoms with Crippen LogP contribution >= 0.6 is 0 Å². The molecule has 1 aromatic carbocycles. The second-order valence-electron chi connectivity index (χ2n) is 8.56. The fraction of sp³-hybridized carbons (Fsp3) is 0.440. The Kier molecular flexibility index (Phi) is 6.35. The van der Waals surface area contributed by atoms with Crippen LogP contribution in [0.3, 0.4) is 0 Å². The molecule has 1 aliphatic heterocycles. The molecule has 0 radical (unpaired) electrons. The Hall–Kier alpha value is -3.26. The molecule has 0 bridgehead atoms. The predicted octanol–water partition coefficient (Wildman–Crippen LogP) is 3.29. The summed E-state index contributed by atoms with van der Waals surface area (Å²) in [6.07, 6.45) is 8.69. The van der Waals surface area contributed by atoms with E-state index in [4.69, 9.17) is 9.47 Å². The van der Waals surface area contributed by atoms with Gasteiger partial charge in [0.05, 0.1) is 37.3 Å². The molecule has 2 aliphatic rings. The molecule has 1 aliphatic carbocycles. The topological polar surface area (TPSA) is 93.2 Å². The van der Waals surface area contributed by atoms with Gasteiger partial charge in [0, 0.05) is 43.0 Å². The molecule has 0 saturated carbocycles. The lowest BCUT2D eigenvalue weighted by Gasteiger charge is -2.33. The van der Waals surface area contributed by atoms with E-state index in [0.29, 0.717) is 32.5 Å². The second kappa shape index (κ2) is 9.70. The summed E-state index contributed by atoms with van der Waals surface area (Å²) in [6.45, 7) is 1.53. The average Bonchev–Trinajstić information content (AvgIpc) is 3.30. The molecular weight excluding hydrogens is 418 g/mol. The van der Waals surface area contributed by atoms with E-state index in [1.54, 1.807) is 19.5 Å². The van der Waals surface area contributed by atoms with E-state index in [-0.39, 0.29) is 12.0 Å². The van der Waals surface area contributed by atoms with Crippen LogP contribution in [-0.4, -0.2) is 57.8 Å². The number of carbonyl (C=O) groups excluding carboxylic acids is 1. The van der Waals surface area contributed by atoms with Gasteiger partial charge in [-0.2, -0.15) is 5.10 Å². The molecule has 8 heteroatoms. The number of methoxy groups -OCH3 is 1.